The van der Waals surface area contributed by atoms with Gasteiger partial charge in [-0.2, -0.15) is 0 Å². The highest BCUT2D eigenvalue weighted by Crippen LogP contribution is 2.40. The van der Waals surface area contributed by atoms with Crippen LogP contribution in [0.5, 0.6) is 0 Å². The van der Waals surface area contributed by atoms with Crippen molar-refractivity contribution < 1.29 is 14.3 Å². The molecular formula is C12H15NO3. The maximum atomic E-state index is 11.7. The van der Waals surface area contributed by atoms with Gasteiger partial charge in [-0.05, 0) is 31.8 Å². The van der Waals surface area contributed by atoms with Crippen LogP contribution in [-0.2, 0) is 14.3 Å². The van der Waals surface area contributed by atoms with E-state index < -0.39 is 5.60 Å². The quantitative estimate of drug-likeness (QED) is 0.574. The number of rotatable bonds is 0. The van der Waals surface area contributed by atoms with Gasteiger partial charge in [0.15, 0.2) is 5.60 Å². The fourth-order valence-corrected chi connectivity index (χ4v) is 3.15. The molecule has 1 amide bonds. The van der Waals surface area contributed by atoms with Crippen molar-refractivity contribution in [1.29, 1.82) is 0 Å². The Morgan fingerprint density at radius 1 is 1.38 bits per heavy atom. The van der Waals surface area contributed by atoms with Crippen LogP contribution in [0.25, 0.3) is 0 Å². The van der Waals surface area contributed by atoms with Gasteiger partial charge in [-0.25, -0.2) is 4.79 Å². The molecule has 86 valence electrons. The van der Waals surface area contributed by atoms with Crippen LogP contribution in [-0.4, -0.2) is 35.0 Å². The Labute approximate surface area is 94.2 Å². The highest BCUT2D eigenvalue weighted by molar-refractivity contribution is 5.86. The molecule has 2 fully saturated rings. The Morgan fingerprint density at radius 2 is 2.25 bits per heavy atom. The number of carbonyl (C=O) groups is 2. The summed E-state index contributed by atoms with van der Waals surface area (Å²) in [6.07, 6.45) is 7.66. The lowest BCUT2D eigenvalue weighted by atomic mass is 9.88. The number of carbonyl (C=O) groups excluding carboxylic acids is 2. The Hall–Kier alpha value is -1.32. The normalized spacial score (nSPS) is 37.8. The second kappa shape index (κ2) is 3.34. The van der Waals surface area contributed by atoms with E-state index in [9.17, 15) is 9.59 Å². The van der Waals surface area contributed by atoms with Crippen molar-refractivity contribution in [2.75, 3.05) is 6.54 Å². The number of fused-ring (bicyclic) bond motifs is 2. The van der Waals surface area contributed by atoms with Gasteiger partial charge in [-0.15, -0.1) is 0 Å². The molecule has 0 saturated carbocycles. The molecular weight excluding hydrogens is 206 g/mol. The van der Waals surface area contributed by atoms with Gasteiger partial charge in [0, 0.05) is 19.0 Å². The smallest absolute Gasteiger partial charge is 0.331 e. The fraction of sp³-hybridized carbons (Fsp3) is 0.667. The van der Waals surface area contributed by atoms with Crippen molar-refractivity contribution in [3.8, 4) is 0 Å². The van der Waals surface area contributed by atoms with E-state index >= 15 is 0 Å². The standard InChI is InChI=1S/C12H15NO3/c14-10-4-3-9-12(7-5-11(15)16-12)6-1-2-8-13(9)10/h5,7,9H,1-4,6,8H2/t9-,12+/m1/s1. The zero-order valence-corrected chi connectivity index (χ0v) is 9.15. The van der Waals surface area contributed by atoms with Crippen molar-refractivity contribution in [1.82, 2.24) is 4.90 Å². The molecule has 3 rings (SSSR count). The molecule has 0 bridgehead atoms. The van der Waals surface area contributed by atoms with E-state index in [-0.39, 0.29) is 17.9 Å². The molecule has 0 aromatic rings. The second-order valence-electron chi connectivity index (χ2n) is 4.81. The van der Waals surface area contributed by atoms with Crippen LogP contribution in [0.4, 0.5) is 0 Å². The molecule has 0 aromatic heterocycles. The van der Waals surface area contributed by atoms with Gasteiger partial charge in [-0.3, -0.25) is 4.79 Å². The minimum atomic E-state index is -0.514. The summed E-state index contributed by atoms with van der Waals surface area (Å²) in [7, 11) is 0. The molecule has 0 unspecified atom stereocenters. The van der Waals surface area contributed by atoms with E-state index in [1.807, 2.05) is 11.0 Å². The average Bonchev–Trinajstić information content (AvgIpc) is 2.73. The summed E-state index contributed by atoms with van der Waals surface area (Å²) in [5.41, 5.74) is -0.514. The molecule has 0 radical (unpaired) electrons. The van der Waals surface area contributed by atoms with Crippen LogP contribution in [0, 0.1) is 0 Å². The summed E-state index contributed by atoms with van der Waals surface area (Å²) in [6, 6.07) is 0.0743. The Bertz CT molecular complexity index is 376. The lowest BCUT2D eigenvalue weighted by Crippen LogP contribution is -2.49. The number of hydrogen-bond acceptors (Lipinski definition) is 3. The molecule has 2 saturated heterocycles. The number of hydrogen-bond donors (Lipinski definition) is 0. The van der Waals surface area contributed by atoms with Crippen molar-refractivity contribution in [3.05, 3.63) is 12.2 Å². The van der Waals surface area contributed by atoms with Gasteiger partial charge >= 0.3 is 5.97 Å². The van der Waals surface area contributed by atoms with Crippen LogP contribution in [0.1, 0.15) is 32.1 Å². The van der Waals surface area contributed by atoms with Gasteiger partial charge < -0.3 is 9.64 Å². The van der Waals surface area contributed by atoms with Crippen LogP contribution in [0.3, 0.4) is 0 Å². The molecule has 3 aliphatic heterocycles. The van der Waals surface area contributed by atoms with Crippen LogP contribution >= 0.6 is 0 Å². The highest BCUT2D eigenvalue weighted by atomic mass is 16.6. The lowest BCUT2D eigenvalue weighted by molar-refractivity contribution is -0.152. The largest absolute Gasteiger partial charge is 0.449 e. The number of ether oxygens (including phenoxy) is 1. The third-order valence-corrected chi connectivity index (χ3v) is 3.90. The maximum Gasteiger partial charge on any atom is 0.331 e. The molecule has 0 N–H and O–H groups in total. The molecule has 4 nitrogen and oxygen atoms in total. The lowest BCUT2D eigenvalue weighted by Gasteiger charge is -2.35. The SMILES string of the molecule is O=C1C=C[C@]2(CCCCN3C(=O)CC[C@@H]32)O1. The molecule has 0 aromatic carbocycles. The van der Waals surface area contributed by atoms with E-state index in [1.54, 1.807) is 0 Å². The molecule has 1 spiro atoms. The Kier molecular flexibility index (Phi) is 2.06. The molecule has 4 heteroatoms. The summed E-state index contributed by atoms with van der Waals surface area (Å²) < 4.78 is 5.49. The van der Waals surface area contributed by atoms with Crippen LogP contribution < -0.4 is 0 Å². The first-order chi connectivity index (χ1) is 7.71. The Morgan fingerprint density at radius 3 is 3.00 bits per heavy atom. The van der Waals surface area contributed by atoms with Crippen molar-refractivity contribution in [3.63, 3.8) is 0 Å². The van der Waals surface area contributed by atoms with E-state index in [2.05, 4.69) is 0 Å². The van der Waals surface area contributed by atoms with E-state index in [4.69, 9.17) is 4.74 Å². The third kappa shape index (κ3) is 1.29. The highest BCUT2D eigenvalue weighted by Gasteiger charge is 2.50. The average molecular weight is 221 g/mol. The third-order valence-electron chi connectivity index (χ3n) is 3.90. The summed E-state index contributed by atoms with van der Waals surface area (Å²) >= 11 is 0. The topological polar surface area (TPSA) is 46.6 Å². The summed E-state index contributed by atoms with van der Waals surface area (Å²) in [5.74, 6) is -0.0520. The van der Waals surface area contributed by atoms with E-state index in [0.29, 0.717) is 6.42 Å². The number of amides is 1. The number of esters is 1. The van der Waals surface area contributed by atoms with E-state index in [0.717, 1.165) is 32.2 Å². The molecule has 3 heterocycles. The zero-order chi connectivity index (χ0) is 11.2. The van der Waals surface area contributed by atoms with Crippen molar-refractivity contribution >= 4 is 11.9 Å². The first-order valence-corrected chi connectivity index (χ1v) is 5.93. The van der Waals surface area contributed by atoms with Gasteiger partial charge in [0.05, 0.1) is 6.04 Å². The Balaban J connectivity index is 1.95. The maximum absolute atomic E-state index is 11.7. The monoisotopic (exact) mass is 221 g/mol. The molecule has 3 aliphatic rings. The van der Waals surface area contributed by atoms with Gasteiger partial charge in [0.25, 0.3) is 0 Å². The zero-order valence-electron chi connectivity index (χ0n) is 9.15. The van der Waals surface area contributed by atoms with Crippen LogP contribution in [0.2, 0.25) is 0 Å². The van der Waals surface area contributed by atoms with Gasteiger partial charge in [0.1, 0.15) is 0 Å². The molecule has 0 aliphatic carbocycles. The first kappa shape index (κ1) is 9.87. The first-order valence-electron chi connectivity index (χ1n) is 5.93. The minimum Gasteiger partial charge on any atom is -0.449 e. The fourth-order valence-electron chi connectivity index (χ4n) is 3.15. The summed E-state index contributed by atoms with van der Waals surface area (Å²) in [4.78, 5) is 24.9. The van der Waals surface area contributed by atoms with Gasteiger partial charge in [0.2, 0.25) is 5.91 Å². The predicted octanol–water partition coefficient (Wildman–Crippen LogP) is 1.01. The molecule has 2 atom stereocenters. The summed E-state index contributed by atoms with van der Waals surface area (Å²) in [6.45, 7) is 0.816. The van der Waals surface area contributed by atoms with Crippen molar-refractivity contribution in [2.45, 2.75) is 43.7 Å². The second-order valence-corrected chi connectivity index (χ2v) is 4.81. The minimum absolute atomic E-state index is 0.0743. The van der Waals surface area contributed by atoms with E-state index in [1.165, 1.54) is 6.08 Å². The van der Waals surface area contributed by atoms with Crippen LogP contribution in [0.15, 0.2) is 12.2 Å². The predicted molar refractivity (Wildman–Crippen MR) is 56.5 cm³/mol. The molecule has 16 heavy (non-hydrogen) atoms. The van der Waals surface area contributed by atoms with Crippen molar-refractivity contribution in [2.24, 2.45) is 0 Å². The van der Waals surface area contributed by atoms with Gasteiger partial charge in [-0.1, -0.05) is 0 Å². The number of nitrogens with zero attached hydrogens (tertiary/aromatic N) is 1. The summed E-state index contributed by atoms with van der Waals surface area (Å²) in [5, 5.41) is 0.